The Morgan fingerprint density at radius 2 is 1.00 bits per heavy atom. The Hall–Kier alpha value is -0.222. The van der Waals surface area contributed by atoms with Crippen LogP contribution in [0.3, 0.4) is 0 Å². The molecule has 0 saturated heterocycles. The SMILES string of the molecule is C=C(C)C[As](CC(=C)C)CC(=C)C. The average molecular weight is 240 g/mol. The Morgan fingerprint density at radius 3 is 1.15 bits per heavy atom. The standard InChI is InChI=1S/C12H21As/c1-10(2)7-13(8-11(3)4)9-12(5)6/h1,3,5,7-9H2,2,4,6H3. The number of hydrogen-bond acceptors (Lipinski definition) is 0. The zero-order valence-electron chi connectivity index (χ0n) is 9.19. The molecule has 0 radical (unpaired) electrons. The molecule has 0 aromatic carbocycles. The zero-order chi connectivity index (χ0) is 10.4. The molecule has 13 heavy (non-hydrogen) atoms. The van der Waals surface area contributed by atoms with Gasteiger partial charge in [-0.25, -0.2) is 0 Å². The third-order valence-electron chi connectivity index (χ3n) is 1.48. The first-order valence-electron chi connectivity index (χ1n) is 4.57. The summed E-state index contributed by atoms with van der Waals surface area (Å²) in [6.45, 7) is 18.3. The summed E-state index contributed by atoms with van der Waals surface area (Å²) in [7, 11) is 0. The third-order valence-corrected chi connectivity index (χ3v) is 7.69. The van der Waals surface area contributed by atoms with E-state index in [1.165, 1.54) is 32.3 Å². The predicted molar refractivity (Wildman–Crippen MR) is 64.6 cm³/mol. The fourth-order valence-corrected chi connectivity index (χ4v) is 6.82. The van der Waals surface area contributed by atoms with Crippen molar-refractivity contribution in [2.45, 2.75) is 36.4 Å². The molecular formula is C12H21As. The summed E-state index contributed by atoms with van der Waals surface area (Å²) in [5, 5.41) is 3.73. The minimum absolute atomic E-state index is 0.774. The van der Waals surface area contributed by atoms with E-state index in [4.69, 9.17) is 0 Å². The molecule has 74 valence electrons. The van der Waals surface area contributed by atoms with Crippen molar-refractivity contribution < 1.29 is 0 Å². The fraction of sp³-hybridized carbons (Fsp3) is 0.500. The first-order valence-corrected chi connectivity index (χ1v) is 8.55. The predicted octanol–water partition coefficient (Wildman–Crippen LogP) is 4.21. The molecule has 0 amide bonds. The van der Waals surface area contributed by atoms with Crippen molar-refractivity contribution in [3.05, 3.63) is 36.5 Å². The van der Waals surface area contributed by atoms with Crippen LogP contribution in [0.25, 0.3) is 0 Å². The van der Waals surface area contributed by atoms with E-state index in [2.05, 4.69) is 40.5 Å². The molecule has 0 aliphatic heterocycles. The Bertz CT molecular complexity index is 175. The van der Waals surface area contributed by atoms with Gasteiger partial charge in [-0.3, -0.25) is 0 Å². The molecule has 0 atom stereocenters. The monoisotopic (exact) mass is 240 g/mol. The van der Waals surface area contributed by atoms with Crippen LogP contribution in [0.4, 0.5) is 0 Å². The summed E-state index contributed by atoms with van der Waals surface area (Å²) in [6, 6.07) is 0. The van der Waals surface area contributed by atoms with Crippen molar-refractivity contribution in [3.63, 3.8) is 0 Å². The second kappa shape index (κ2) is 6.27. The zero-order valence-corrected chi connectivity index (χ0v) is 11.1. The first kappa shape index (κ1) is 12.8. The van der Waals surface area contributed by atoms with Crippen molar-refractivity contribution in [1.29, 1.82) is 0 Å². The molecule has 0 bridgehead atoms. The van der Waals surface area contributed by atoms with Crippen molar-refractivity contribution >= 4 is 14.7 Å². The minimum atomic E-state index is -0.774. The van der Waals surface area contributed by atoms with Gasteiger partial charge >= 0.3 is 87.5 Å². The third kappa shape index (κ3) is 8.12. The molecule has 0 spiro atoms. The summed E-state index contributed by atoms with van der Waals surface area (Å²) in [5.74, 6) is 0. The average Bonchev–Trinajstić information content (AvgIpc) is 1.80. The van der Waals surface area contributed by atoms with Gasteiger partial charge in [-0.15, -0.1) is 0 Å². The van der Waals surface area contributed by atoms with Gasteiger partial charge in [0.15, 0.2) is 0 Å². The Labute approximate surface area is 87.7 Å². The molecule has 0 aromatic heterocycles. The van der Waals surface area contributed by atoms with Crippen LogP contribution in [0.2, 0.25) is 15.6 Å². The Morgan fingerprint density at radius 1 is 0.769 bits per heavy atom. The summed E-state index contributed by atoms with van der Waals surface area (Å²) < 4.78 is 0. The molecule has 0 heterocycles. The van der Waals surface area contributed by atoms with E-state index in [0.717, 1.165) is 0 Å². The summed E-state index contributed by atoms with van der Waals surface area (Å²) in [6.07, 6.45) is 0. The van der Waals surface area contributed by atoms with Crippen LogP contribution < -0.4 is 0 Å². The van der Waals surface area contributed by atoms with Crippen molar-refractivity contribution in [3.8, 4) is 0 Å². The van der Waals surface area contributed by atoms with Gasteiger partial charge in [0.25, 0.3) is 0 Å². The summed E-state index contributed by atoms with van der Waals surface area (Å²) >= 11 is -0.774. The van der Waals surface area contributed by atoms with Crippen LogP contribution in [-0.2, 0) is 0 Å². The van der Waals surface area contributed by atoms with Crippen molar-refractivity contribution in [2.24, 2.45) is 0 Å². The van der Waals surface area contributed by atoms with Crippen LogP contribution in [0.5, 0.6) is 0 Å². The van der Waals surface area contributed by atoms with E-state index in [1.807, 2.05) is 0 Å². The van der Waals surface area contributed by atoms with Crippen LogP contribution in [-0.4, -0.2) is 14.7 Å². The quantitative estimate of drug-likeness (QED) is 0.482. The second-order valence-electron chi connectivity index (χ2n) is 4.02. The normalized spacial score (nSPS) is 10.2. The molecule has 0 rings (SSSR count). The van der Waals surface area contributed by atoms with Crippen LogP contribution in [0.1, 0.15) is 20.8 Å². The molecular weight excluding hydrogens is 219 g/mol. The van der Waals surface area contributed by atoms with Crippen LogP contribution in [0.15, 0.2) is 36.5 Å². The van der Waals surface area contributed by atoms with Gasteiger partial charge in [-0.2, -0.15) is 0 Å². The Kier molecular flexibility index (Phi) is 6.16. The van der Waals surface area contributed by atoms with Crippen molar-refractivity contribution in [2.75, 3.05) is 0 Å². The van der Waals surface area contributed by atoms with Gasteiger partial charge in [-0.05, 0) is 0 Å². The molecule has 0 aliphatic rings. The molecule has 0 aromatic rings. The molecule has 0 nitrogen and oxygen atoms in total. The number of allylic oxidation sites excluding steroid dienone is 3. The Balaban J connectivity index is 4.10. The molecule has 1 heteroatoms. The van der Waals surface area contributed by atoms with Gasteiger partial charge < -0.3 is 0 Å². The topological polar surface area (TPSA) is 0 Å². The van der Waals surface area contributed by atoms with Gasteiger partial charge in [0, 0.05) is 0 Å². The van der Waals surface area contributed by atoms with E-state index in [-0.39, 0.29) is 0 Å². The van der Waals surface area contributed by atoms with Gasteiger partial charge in [0.1, 0.15) is 0 Å². The van der Waals surface area contributed by atoms with E-state index in [0.29, 0.717) is 0 Å². The summed E-state index contributed by atoms with van der Waals surface area (Å²) in [4.78, 5) is 0. The second-order valence-corrected chi connectivity index (χ2v) is 8.82. The number of rotatable bonds is 6. The van der Waals surface area contributed by atoms with E-state index >= 15 is 0 Å². The van der Waals surface area contributed by atoms with Crippen LogP contribution in [0, 0.1) is 0 Å². The summed E-state index contributed by atoms with van der Waals surface area (Å²) in [5.41, 5.74) is 3.97. The van der Waals surface area contributed by atoms with E-state index < -0.39 is 14.7 Å². The molecule has 0 fully saturated rings. The maximum absolute atomic E-state index is 3.99. The number of hydrogen-bond donors (Lipinski definition) is 0. The van der Waals surface area contributed by atoms with E-state index in [1.54, 1.807) is 0 Å². The van der Waals surface area contributed by atoms with Crippen molar-refractivity contribution in [1.82, 2.24) is 0 Å². The van der Waals surface area contributed by atoms with E-state index in [9.17, 15) is 0 Å². The molecule has 0 unspecified atom stereocenters. The maximum atomic E-state index is 3.99. The van der Waals surface area contributed by atoms with Crippen LogP contribution >= 0.6 is 0 Å². The van der Waals surface area contributed by atoms with Gasteiger partial charge in [0.2, 0.25) is 0 Å². The molecule has 0 aliphatic carbocycles. The first-order chi connectivity index (χ1) is 5.91. The van der Waals surface area contributed by atoms with Gasteiger partial charge in [0.05, 0.1) is 0 Å². The van der Waals surface area contributed by atoms with Gasteiger partial charge in [-0.1, -0.05) is 0 Å². The molecule has 0 saturated carbocycles. The fourth-order valence-electron chi connectivity index (χ4n) is 1.31. The molecule has 0 N–H and O–H groups in total.